The van der Waals surface area contributed by atoms with Gasteiger partial charge < -0.3 is 20.9 Å². The van der Waals surface area contributed by atoms with E-state index in [4.69, 9.17) is 10.5 Å². The van der Waals surface area contributed by atoms with Gasteiger partial charge in [0.1, 0.15) is 0 Å². The molecule has 1 heterocycles. The Morgan fingerprint density at radius 1 is 1.24 bits per heavy atom. The van der Waals surface area contributed by atoms with Gasteiger partial charge in [0, 0.05) is 38.4 Å². The van der Waals surface area contributed by atoms with Gasteiger partial charge in [0.15, 0.2) is 0 Å². The van der Waals surface area contributed by atoms with Crippen LogP contribution in [-0.2, 0) is 4.74 Å². The summed E-state index contributed by atoms with van der Waals surface area (Å²) in [7, 11) is 0. The summed E-state index contributed by atoms with van der Waals surface area (Å²) in [5, 5.41) is 13.0. The number of ether oxygens (including phenoxy) is 1. The molecule has 1 aliphatic heterocycles. The lowest BCUT2D eigenvalue weighted by Gasteiger charge is -2.33. The van der Waals surface area contributed by atoms with E-state index in [-0.39, 0.29) is 0 Å². The Bertz CT molecular complexity index is 219. The third-order valence-electron chi connectivity index (χ3n) is 4.41. The van der Waals surface area contributed by atoms with E-state index in [2.05, 4.69) is 5.32 Å². The van der Waals surface area contributed by atoms with E-state index < -0.39 is 0 Å². The molecule has 0 aromatic rings. The predicted molar refractivity (Wildman–Crippen MR) is 67.7 cm³/mol. The van der Waals surface area contributed by atoms with Crippen molar-refractivity contribution in [2.24, 2.45) is 17.6 Å². The Morgan fingerprint density at radius 2 is 2.00 bits per heavy atom. The molecule has 4 nitrogen and oxygen atoms in total. The SMILES string of the molecule is NCC(NC1CCCC1CO)C1CCOCC1. The smallest absolute Gasteiger partial charge is 0.0474 e. The average Bonchev–Trinajstić information content (AvgIpc) is 2.84. The Labute approximate surface area is 104 Å². The van der Waals surface area contributed by atoms with E-state index in [1.807, 2.05) is 0 Å². The summed E-state index contributed by atoms with van der Waals surface area (Å²) in [6.07, 6.45) is 5.80. The van der Waals surface area contributed by atoms with Crippen LogP contribution in [0.15, 0.2) is 0 Å². The number of nitrogens with one attached hydrogen (secondary N) is 1. The van der Waals surface area contributed by atoms with Crippen molar-refractivity contribution >= 4 is 0 Å². The maximum atomic E-state index is 9.34. The fraction of sp³-hybridized carbons (Fsp3) is 1.00. The van der Waals surface area contributed by atoms with E-state index in [9.17, 15) is 5.11 Å². The second-order valence-corrected chi connectivity index (χ2v) is 5.44. The second-order valence-electron chi connectivity index (χ2n) is 5.44. The van der Waals surface area contributed by atoms with Crippen LogP contribution in [0.25, 0.3) is 0 Å². The molecule has 2 aliphatic rings. The first kappa shape index (κ1) is 13.3. The van der Waals surface area contributed by atoms with Gasteiger partial charge in [-0.05, 0) is 37.5 Å². The molecule has 4 N–H and O–H groups in total. The summed E-state index contributed by atoms with van der Waals surface area (Å²) in [5.41, 5.74) is 5.90. The van der Waals surface area contributed by atoms with Crippen LogP contribution in [0.1, 0.15) is 32.1 Å². The lowest BCUT2D eigenvalue weighted by atomic mass is 9.90. The Morgan fingerprint density at radius 3 is 2.65 bits per heavy atom. The first-order valence-corrected chi connectivity index (χ1v) is 7.00. The van der Waals surface area contributed by atoms with Crippen molar-refractivity contribution in [2.75, 3.05) is 26.4 Å². The van der Waals surface area contributed by atoms with Crippen molar-refractivity contribution in [3.63, 3.8) is 0 Å². The number of aliphatic hydroxyl groups excluding tert-OH is 1. The summed E-state index contributed by atoms with van der Waals surface area (Å²) in [4.78, 5) is 0. The lowest BCUT2D eigenvalue weighted by Crippen LogP contribution is -2.50. The fourth-order valence-corrected chi connectivity index (χ4v) is 3.26. The van der Waals surface area contributed by atoms with Crippen molar-refractivity contribution in [2.45, 2.75) is 44.2 Å². The first-order valence-electron chi connectivity index (χ1n) is 7.00. The third-order valence-corrected chi connectivity index (χ3v) is 4.41. The molecule has 3 atom stereocenters. The van der Waals surface area contributed by atoms with Crippen LogP contribution in [0, 0.1) is 11.8 Å². The van der Waals surface area contributed by atoms with Gasteiger partial charge in [-0.3, -0.25) is 0 Å². The molecule has 2 rings (SSSR count). The molecule has 1 saturated carbocycles. The van der Waals surface area contributed by atoms with Gasteiger partial charge in [-0.2, -0.15) is 0 Å². The molecule has 2 fully saturated rings. The average molecular weight is 242 g/mol. The Balaban J connectivity index is 1.85. The number of hydrogen-bond acceptors (Lipinski definition) is 4. The van der Waals surface area contributed by atoms with Crippen LogP contribution in [0.4, 0.5) is 0 Å². The van der Waals surface area contributed by atoms with Gasteiger partial charge in [0.2, 0.25) is 0 Å². The van der Waals surface area contributed by atoms with Gasteiger partial charge in [-0.15, -0.1) is 0 Å². The van der Waals surface area contributed by atoms with Crippen molar-refractivity contribution in [3.8, 4) is 0 Å². The molecule has 0 amide bonds. The zero-order chi connectivity index (χ0) is 12.1. The molecule has 0 aromatic carbocycles. The molecule has 0 aromatic heterocycles. The normalized spacial score (nSPS) is 32.8. The minimum absolute atomic E-state index is 0.308. The van der Waals surface area contributed by atoms with Gasteiger partial charge in [0.25, 0.3) is 0 Å². The molecule has 100 valence electrons. The van der Waals surface area contributed by atoms with Gasteiger partial charge in [0.05, 0.1) is 0 Å². The molecule has 0 bridgehead atoms. The van der Waals surface area contributed by atoms with Crippen LogP contribution in [0.2, 0.25) is 0 Å². The van der Waals surface area contributed by atoms with Crippen LogP contribution in [0.5, 0.6) is 0 Å². The summed E-state index contributed by atoms with van der Waals surface area (Å²) in [5.74, 6) is 1.08. The number of hydrogen-bond donors (Lipinski definition) is 3. The van der Waals surface area contributed by atoms with Crippen molar-refractivity contribution in [1.82, 2.24) is 5.32 Å². The van der Waals surface area contributed by atoms with E-state index in [0.29, 0.717) is 37.1 Å². The monoisotopic (exact) mass is 242 g/mol. The fourth-order valence-electron chi connectivity index (χ4n) is 3.26. The summed E-state index contributed by atoms with van der Waals surface area (Å²) < 4.78 is 5.40. The second kappa shape index (κ2) is 6.69. The molecule has 4 heteroatoms. The predicted octanol–water partition coefficient (Wildman–Crippen LogP) is 0.491. The maximum absolute atomic E-state index is 9.34. The van der Waals surface area contributed by atoms with Gasteiger partial charge >= 0.3 is 0 Å². The zero-order valence-electron chi connectivity index (χ0n) is 10.6. The molecule has 1 aliphatic carbocycles. The highest BCUT2D eigenvalue weighted by Crippen LogP contribution is 2.27. The Hall–Kier alpha value is -0.160. The van der Waals surface area contributed by atoms with Crippen molar-refractivity contribution < 1.29 is 9.84 Å². The maximum Gasteiger partial charge on any atom is 0.0474 e. The zero-order valence-corrected chi connectivity index (χ0v) is 10.6. The molecule has 17 heavy (non-hydrogen) atoms. The number of nitrogens with two attached hydrogens (primary N) is 1. The molecular formula is C13H26N2O2. The van der Waals surface area contributed by atoms with E-state index in [0.717, 1.165) is 32.5 Å². The summed E-state index contributed by atoms with van der Waals surface area (Å²) >= 11 is 0. The Kier molecular flexibility index (Phi) is 5.22. The minimum Gasteiger partial charge on any atom is -0.396 e. The number of rotatable bonds is 5. The highest BCUT2D eigenvalue weighted by atomic mass is 16.5. The van der Waals surface area contributed by atoms with E-state index in [1.54, 1.807) is 0 Å². The minimum atomic E-state index is 0.308. The molecule has 3 unspecified atom stereocenters. The van der Waals surface area contributed by atoms with Crippen molar-refractivity contribution in [1.29, 1.82) is 0 Å². The number of aliphatic hydroxyl groups is 1. The largest absolute Gasteiger partial charge is 0.396 e. The first-order chi connectivity index (χ1) is 8.35. The lowest BCUT2D eigenvalue weighted by molar-refractivity contribution is 0.0514. The van der Waals surface area contributed by atoms with E-state index >= 15 is 0 Å². The van der Waals surface area contributed by atoms with Gasteiger partial charge in [-0.1, -0.05) is 6.42 Å². The topological polar surface area (TPSA) is 67.5 Å². The highest BCUT2D eigenvalue weighted by molar-refractivity contribution is 4.88. The molecular weight excluding hydrogens is 216 g/mol. The quantitative estimate of drug-likeness (QED) is 0.656. The van der Waals surface area contributed by atoms with E-state index in [1.165, 1.54) is 12.8 Å². The summed E-state index contributed by atoms with van der Waals surface area (Å²) in [6.45, 7) is 2.75. The highest BCUT2D eigenvalue weighted by Gasteiger charge is 2.31. The molecule has 1 saturated heterocycles. The van der Waals surface area contributed by atoms with Crippen molar-refractivity contribution in [3.05, 3.63) is 0 Å². The third kappa shape index (κ3) is 3.41. The molecule has 0 spiro atoms. The molecule has 0 radical (unpaired) electrons. The van der Waals surface area contributed by atoms with Crippen LogP contribution < -0.4 is 11.1 Å². The van der Waals surface area contributed by atoms with Crippen LogP contribution in [-0.4, -0.2) is 43.6 Å². The summed E-state index contributed by atoms with van der Waals surface area (Å²) in [6, 6.07) is 0.868. The van der Waals surface area contributed by atoms with Crippen LogP contribution >= 0.6 is 0 Å². The van der Waals surface area contributed by atoms with Gasteiger partial charge in [-0.25, -0.2) is 0 Å². The van der Waals surface area contributed by atoms with Crippen LogP contribution in [0.3, 0.4) is 0 Å². The standard InChI is InChI=1S/C13H26N2O2/c14-8-13(10-4-6-17-7-5-10)15-12-3-1-2-11(12)9-16/h10-13,15-16H,1-9,14H2.